The Morgan fingerprint density at radius 2 is 1.93 bits per heavy atom. The average molecular weight is 388 g/mol. The normalized spacial score (nSPS) is 17.3. The van der Waals surface area contributed by atoms with Crippen molar-refractivity contribution in [2.75, 3.05) is 29.9 Å². The minimum atomic E-state index is -0.0576. The molecule has 3 rings (SSSR count). The maximum Gasteiger partial charge on any atom is 0.322 e. The second-order valence-electron chi connectivity index (χ2n) is 7.33. The number of piperazine rings is 1. The third-order valence-electron chi connectivity index (χ3n) is 5.05. The van der Waals surface area contributed by atoms with Gasteiger partial charge < -0.3 is 15.1 Å². The number of aromatic nitrogens is 2. The van der Waals surface area contributed by atoms with Crippen LogP contribution >= 0.6 is 11.6 Å². The SMILES string of the molecule is Cc1cccc(C)c1NC(=O)N1CCN(c2nccc(Cl)n2)CC1C(C)C. The molecule has 2 amide bonds. The molecule has 2 heterocycles. The van der Waals surface area contributed by atoms with Gasteiger partial charge in [0.2, 0.25) is 5.95 Å². The zero-order valence-corrected chi connectivity index (χ0v) is 17.0. The number of aryl methyl sites for hydroxylation is 2. The molecule has 0 radical (unpaired) electrons. The van der Waals surface area contributed by atoms with Crippen molar-refractivity contribution in [2.24, 2.45) is 5.92 Å². The molecule has 144 valence electrons. The number of hydrogen-bond acceptors (Lipinski definition) is 4. The summed E-state index contributed by atoms with van der Waals surface area (Å²) in [5.41, 5.74) is 3.02. The highest BCUT2D eigenvalue weighted by atomic mass is 35.5. The molecule has 1 aliphatic heterocycles. The lowest BCUT2D eigenvalue weighted by molar-refractivity contribution is 0.156. The Morgan fingerprint density at radius 1 is 1.22 bits per heavy atom. The van der Waals surface area contributed by atoms with Crippen LogP contribution in [-0.4, -0.2) is 46.6 Å². The molecular weight excluding hydrogens is 362 g/mol. The van der Waals surface area contributed by atoms with E-state index in [0.717, 1.165) is 16.8 Å². The molecule has 0 saturated carbocycles. The Labute approximate surface area is 165 Å². The van der Waals surface area contributed by atoms with E-state index in [1.807, 2.05) is 36.9 Å². The largest absolute Gasteiger partial charge is 0.337 e. The lowest BCUT2D eigenvalue weighted by Crippen LogP contribution is -2.58. The topological polar surface area (TPSA) is 61.4 Å². The van der Waals surface area contributed by atoms with E-state index >= 15 is 0 Å². The molecule has 1 aliphatic rings. The van der Waals surface area contributed by atoms with Crippen molar-refractivity contribution in [3.8, 4) is 0 Å². The molecule has 6 nitrogen and oxygen atoms in total. The maximum atomic E-state index is 13.0. The first-order valence-electron chi connectivity index (χ1n) is 9.24. The van der Waals surface area contributed by atoms with Gasteiger partial charge in [-0.3, -0.25) is 0 Å². The Bertz CT molecular complexity index is 806. The molecule has 1 saturated heterocycles. The van der Waals surface area contributed by atoms with Crippen LogP contribution in [-0.2, 0) is 0 Å². The average Bonchev–Trinajstić information content (AvgIpc) is 2.64. The fourth-order valence-electron chi connectivity index (χ4n) is 3.48. The van der Waals surface area contributed by atoms with Gasteiger partial charge in [-0.25, -0.2) is 14.8 Å². The van der Waals surface area contributed by atoms with Crippen LogP contribution in [0.4, 0.5) is 16.4 Å². The van der Waals surface area contributed by atoms with Crippen molar-refractivity contribution in [1.82, 2.24) is 14.9 Å². The van der Waals surface area contributed by atoms with Gasteiger partial charge >= 0.3 is 6.03 Å². The van der Waals surface area contributed by atoms with E-state index in [9.17, 15) is 4.79 Å². The molecule has 0 bridgehead atoms. The first-order valence-corrected chi connectivity index (χ1v) is 9.62. The summed E-state index contributed by atoms with van der Waals surface area (Å²) in [7, 11) is 0. The third kappa shape index (κ3) is 4.33. The fraction of sp³-hybridized carbons (Fsp3) is 0.450. The highest BCUT2D eigenvalue weighted by Crippen LogP contribution is 2.24. The van der Waals surface area contributed by atoms with E-state index in [-0.39, 0.29) is 12.1 Å². The third-order valence-corrected chi connectivity index (χ3v) is 5.26. The van der Waals surface area contributed by atoms with E-state index in [1.54, 1.807) is 12.3 Å². The van der Waals surface area contributed by atoms with Crippen molar-refractivity contribution in [1.29, 1.82) is 0 Å². The number of nitrogens with one attached hydrogen (secondary N) is 1. The maximum absolute atomic E-state index is 13.0. The minimum absolute atomic E-state index is 0.0576. The number of hydrogen-bond donors (Lipinski definition) is 1. The van der Waals surface area contributed by atoms with Crippen LogP contribution in [0.15, 0.2) is 30.5 Å². The van der Waals surface area contributed by atoms with Crippen molar-refractivity contribution >= 4 is 29.3 Å². The number of rotatable bonds is 3. The molecule has 2 aromatic rings. The first-order chi connectivity index (χ1) is 12.9. The van der Waals surface area contributed by atoms with E-state index in [0.29, 0.717) is 36.7 Å². The molecular formula is C20H26ClN5O. The minimum Gasteiger partial charge on any atom is -0.337 e. The highest BCUT2D eigenvalue weighted by Gasteiger charge is 2.33. The van der Waals surface area contributed by atoms with Gasteiger partial charge in [-0.1, -0.05) is 43.6 Å². The predicted molar refractivity (Wildman–Crippen MR) is 110 cm³/mol. The summed E-state index contributed by atoms with van der Waals surface area (Å²) in [4.78, 5) is 25.7. The second-order valence-corrected chi connectivity index (χ2v) is 7.71. The number of para-hydroxylation sites is 1. The molecule has 1 fully saturated rings. The summed E-state index contributed by atoms with van der Waals surface area (Å²) in [6.45, 7) is 10.2. The van der Waals surface area contributed by atoms with Gasteiger partial charge in [0.25, 0.3) is 0 Å². The lowest BCUT2D eigenvalue weighted by Gasteiger charge is -2.43. The molecule has 27 heavy (non-hydrogen) atoms. The Hall–Kier alpha value is -2.34. The number of carbonyl (C=O) groups excluding carboxylic acids is 1. The molecule has 1 atom stereocenters. The van der Waals surface area contributed by atoms with Gasteiger partial charge in [0, 0.05) is 31.5 Å². The van der Waals surface area contributed by atoms with Gasteiger partial charge in [-0.2, -0.15) is 0 Å². The number of anilines is 2. The summed E-state index contributed by atoms with van der Waals surface area (Å²) in [5.74, 6) is 0.915. The number of halogens is 1. The van der Waals surface area contributed by atoms with Crippen molar-refractivity contribution in [3.05, 3.63) is 46.7 Å². The molecule has 0 aliphatic carbocycles. The summed E-state index contributed by atoms with van der Waals surface area (Å²) in [6, 6.07) is 7.69. The lowest BCUT2D eigenvalue weighted by atomic mass is 10.00. The van der Waals surface area contributed by atoms with Gasteiger partial charge in [0.1, 0.15) is 5.15 Å². The Balaban J connectivity index is 1.77. The van der Waals surface area contributed by atoms with E-state index < -0.39 is 0 Å². The zero-order valence-electron chi connectivity index (χ0n) is 16.2. The van der Waals surface area contributed by atoms with E-state index in [1.165, 1.54) is 0 Å². The molecule has 1 unspecified atom stereocenters. The molecule has 1 aromatic heterocycles. The number of urea groups is 1. The zero-order chi connectivity index (χ0) is 19.6. The second kappa shape index (κ2) is 8.13. The summed E-state index contributed by atoms with van der Waals surface area (Å²) in [6.07, 6.45) is 1.66. The van der Waals surface area contributed by atoms with Crippen LogP contribution < -0.4 is 10.2 Å². The van der Waals surface area contributed by atoms with Crippen molar-refractivity contribution in [3.63, 3.8) is 0 Å². The molecule has 1 aromatic carbocycles. The number of nitrogens with zero attached hydrogens (tertiary/aromatic N) is 4. The summed E-state index contributed by atoms with van der Waals surface area (Å²) < 4.78 is 0. The first kappa shape index (κ1) is 19.4. The number of benzene rings is 1. The van der Waals surface area contributed by atoms with E-state index in [2.05, 4.69) is 34.0 Å². The quantitative estimate of drug-likeness (QED) is 0.804. The van der Waals surface area contributed by atoms with Crippen LogP contribution in [0.2, 0.25) is 5.15 Å². The Morgan fingerprint density at radius 3 is 2.56 bits per heavy atom. The molecule has 1 N–H and O–H groups in total. The predicted octanol–water partition coefficient (Wildman–Crippen LogP) is 4.13. The number of amides is 2. The summed E-state index contributed by atoms with van der Waals surface area (Å²) in [5, 5.41) is 3.54. The summed E-state index contributed by atoms with van der Waals surface area (Å²) >= 11 is 6.01. The van der Waals surface area contributed by atoms with Gasteiger partial charge in [0.05, 0.1) is 6.04 Å². The van der Waals surface area contributed by atoms with Crippen molar-refractivity contribution < 1.29 is 4.79 Å². The number of carbonyl (C=O) groups is 1. The van der Waals surface area contributed by atoms with Gasteiger partial charge in [0.15, 0.2) is 0 Å². The fourth-order valence-corrected chi connectivity index (χ4v) is 3.62. The van der Waals surface area contributed by atoms with Gasteiger partial charge in [-0.05, 0) is 37.0 Å². The standard InChI is InChI=1S/C20H26ClN5O/c1-13(2)16-12-25(19-22-9-8-17(21)23-19)10-11-26(16)20(27)24-18-14(3)6-5-7-15(18)4/h5-9,13,16H,10-12H2,1-4H3,(H,24,27). The molecule has 7 heteroatoms. The van der Waals surface area contributed by atoms with Crippen LogP contribution in [0, 0.1) is 19.8 Å². The van der Waals surface area contributed by atoms with Gasteiger partial charge in [-0.15, -0.1) is 0 Å². The smallest absolute Gasteiger partial charge is 0.322 e. The van der Waals surface area contributed by atoms with Crippen LogP contribution in [0.3, 0.4) is 0 Å². The van der Waals surface area contributed by atoms with Crippen molar-refractivity contribution in [2.45, 2.75) is 33.7 Å². The van der Waals surface area contributed by atoms with Crippen LogP contribution in [0.25, 0.3) is 0 Å². The highest BCUT2D eigenvalue weighted by molar-refractivity contribution is 6.29. The van der Waals surface area contributed by atoms with Crippen LogP contribution in [0.1, 0.15) is 25.0 Å². The Kier molecular flexibility index (Phi) is 5.85. The molecule has 0 spiro atoms. The van der Waals surface area contributed by atoms with Crippen LogP contribution in [0.5, 0.6) is 0 Å². The van der Waals surface area contributed by atoms with E-state index in [4.69, 9.17) is 11.6 Å². The monoisotopic (exact) mass is 387 g/mol.